The molecule has 0 saturated heterocycles. The molecule has 0 aliphatic heterocycles. The molecule has 1 atom stereocenters. The Bertz CT molecular complexity index is 116. The smallest absolute Gasteiger partial charge is 0.0491 e. The summed E-state index contributed by atoms with van der Waals surface area (Å²) in [6.45, 7) is 6.24. The second-order valence-corrected chi connectivity index (χ2v) is 4.50. The van der Waals surface area contributed by atoms with Crippen LogP contribution in [0.5, 0.6) is 0 Å². The van der Waals surface area contributed by atoms with Crippen molar-refractivity contribution in [2.75, 3.05) is 13.2 Å². The van der Waals surface area contributed by atoms with Crippen molar-refractivity contribution in [2.24, 2.45) is 11.8 Å². The maximum Gasteiger partial charge on any atom is 0.0491 e. The number of hydrogen-bond acceptors (Lipinski definition) is 1. The van der Waals surface area contributed by atoms with Gasteiger partial charge in [-0.05, 0) is 25.2 Å². The minimum atomic E-state index is 0.767. The van der Waals surface area contributed by atoms with Crippen LogP contribution in [0, 0.1) is 11.8 Å². The van der Waals surface area contributed by atoms with Crippen LogP contribution in [0.15, 0.2) is 0 Å². The molecule has 0 amide bonds. The van der Waals surface area contributed by atoms with Crippen molar-refractivity contribution >= 4 is 0 Å². The van der Waals surface area contributed by atoms with E-state index in [4.69, 9.17) is 4.74 Å². The standard InChI is InChI=1S/C12H24O/c1-3-13-10-11(2)9-12-7-5-4-6-8-12/h11-12H,3-10H2,1-2H3. The molecule has 78 valence electrons. The van der Waals surface area contributed by atoms with E-state index < -0.39 is 0 Å². The van der Waals surface area contributed by atoms with Gasteiger partial charge >= 0.3 is 0 Å². The lowest BCUT2D eigenvalue weighted by atomic mass is 9.83. The summed E-state index contributed by atoms with van der Waals surface area (Å²) in [5, 5.41) is 0. The minimum absolute atomic E-state index is 0.767. The topological polar surface area (TPSA) is 9.23 Å². The molecule has 13 heavy (non-hydrogen) atoms. The van der Waals surface area contributed by atoms with Crippen LogP contribution in [0.1, 0.15) is 52.4 Å². The van der Waals surface area contributed by atoms with Crippen LogP contribution in [0.25, 0.3) is 0 Å². The van der Waals surface area contributed by atoms with Crippen LogP contribution in [0.4, 0.5) is 0 Å². The summed E-state index contributed by atoms with van der Waals surface area (Å²) < 4.78 is 5.44. The van der Waals surface area contributed by atoms with Crippen LogP contribution in [-0.4, -0.2) is 13.2 Å². The zero-order chi connectivity index (χ0) is 9.52. The first-order valence-electron chi connectivity index (χ1n) is 5.90. The van der Waals surface area contributed by atoms with Crippen molar-refractivity contribution < 1.29 is 4.74 Å². The van der Waals surface area contributed by atoms with Gasteiger partial charge in [0.05, 0.1) is 0 Å². The molecular weight excluding hydrogens is 160 g/mol. The molecule has 0 N–H and O–H groups in total. The largest absolute Gasteiger partial charge is 0.381 e. The predicted octanol–water partition coefficient (Wildman–Crippen LogP) is 3.63. The molecule has 1 rings (SSSR count). The average Bonchev–Trinajstić information content (AvgIpc) is 2.16. The minimum Gasteiger partial charge on any atom is -0.381 e. The fourth-order valence-electron chi connectivity index (χ4n) is 2.38. The third-order valence-electron chi connectivity index (χ3n) is 3.07. The lowest BCUT2D eigenvalue weighted by Crippen LogP contribution is -2.14. The maximum atomic E-state index is 5.44. The highest BCUT2D eigenvalue weighted by molar-refractivity contribution is 4.68. The SMILES string of the molecule is CCOCC(C)CC1CCCCC1. The molecule has 1 fully saturated rings. The first-order chi connectivity index (χ1) is 6.33. The van der Waals surface area contributed by atoms with Crippen molar-refractivity contribution in [3.05, 3.63) is 0 Å². The quantitative estimate of drug-likeness (QED) is 0.634. The van der Waals surface area contributed by atoms with Crippen molar-refractivity contribution in [3.8, 4) is 0 Å². The number of hydrogen-bond donors (Lipinski definition) is 0. The predicted molar refractivity (Wildman–Crippen MR) is 56.8 cm³/mol. The Morgan fingerprint density at radius 1 is 1.23 bits per heavy atom. The maximum absolute atomic E-state index is 5.44. The van der Waals surface area contributed by atoms with E-state index >= 15 is 0 Å². The number of rotatable bonds is 5. The van der Waals surface area contributed by atoms with E-state index in [-0.39, 0.29) is 0 Å². The first-order valence-corrected chi connectivity index (χ1v) is 5.90. The molecule has 0 heterocycles. The van der Waals surface area contributed by atoms with Crippen molar-refractivity contribution in [2.45, 2.75) is 52.4 Å². The fraction of sp³-hybridized carbons (Fsp3) is 1.00. The molecule has 0 bridgehead atoms. The fourth-order valence-corrected chi connectivity index (χ4v) is 2.38. The molecule has 0 aromatic rings. The molecule has 1 nitrogen and oxygen atoms in total. The Morgan fingerprint density at radius 2 is 1.92 bits per heavy atom. The van der Waals surface area contributed by atoms with Gasteiger partial charge in [-0.2, -0.15) is 0 Å². The zero-order valence-electron chi connectivity index (χ0n) is 9.22. The van der Waals surface area contributed by atoms with Gasteiger partial charge in [0, 0.05) is 13.2 Å². The van der Waals surface area contributed by atoms with Gasteiger partial charge in [0.25, 0.3) is 0 Å². The second-order valence-electron chi connectivity index (χ2n) is 4.50. The summed E-state index contributed by atoms with van der Waals surface area (Å²) in [5.74, 6) is 1.77. The van der Waals surface area contributed by atoms with E-state index in [9.17, 15) is 0 Å². The molecule has 0 aromatic carbocycles. The van der Waals surface area contributed by atoms with E-state index in [2.05, 4.69) is 13.8 Å². The van der Waals surface area contributed by atoms with Gasteiger partial charge in [0.2, 0.25) is 0 Å². The molecule has 1 unspecified atom stereocenters. The molecule has 0 spiro atoms. The molecule has 1 saturated carbocycles. The molecule has 1 aliphatic carbocycles. The van der Waals surface area contributed by atoms with Gasteiger partial charge < -0.3 is 4.74 Å². The van der Waals surface area contributed by atoms with Crippen LogP contribution >= 0.6 is 0 Å². The Labute approximate surface area is 82.9 Å². The molecule has 0 aromatic heterocycles. The van der Waals surface area contributed by atoms with Crippen molar-refractivity contribution in [1.29, 1.82) is 0 Å². The van der Waals surface area contributed by atoms with Crippen LogP contribution in [0.3, 0.4) is 0 Å². The highest BCUT2D eigenvalue weighted by Crippen LogP contribution is 2.28. The highest BCUT2D eigenvalue weighted by atomic mass is 16.5. The zero-order valence-corrected chi connectivity index (χ0v) is 9.22. The van der Waals surface area contributed by atoms with E-state index in [0.29, 0.717) is 0 Å². The van der Waals surface area contributed by atoms with Gasteiger partial charge in [-0.15, -0.1) is 0 Å². The van der Waals surface area contributed by atoms with Gasteiger partial charge in [0.1, 0.15) is 0 Å². The molecular formula is C12H24O. The Hall–Kier alpha value is -0.0400. The summed E-state index contributed by atoms with van der Waals surface area (Å²) in [6.07, 6.45) is 8.72. The monoisotopic (exact) mass is 184 g/mol. The normalized spacial score (nSPS) is 21.7. The van der Waals surface area contributed by atoms with Gasteiger partial charge in [-0.1, -0.05) is 39.0 Å². The van der Waals surface area contributed by atoms with E-state index in [1.807, 2.05) is 0 Å². The molecule has 1 aliphatic rings. The average molecular weight is 184 g/mol. The molecule has 1 heteroatoms. The Balaban J connectivity index is 2.07. The second kappa shape index (κ2) is 6.42. The highest BCUT2D eigenvalue weighted by Gasteiger charge is 2.16. The number of ether oxygens (including phenoxy) is 1. The van der Waals surface area contributed by atoms with E-state index in [0.717, 1.165) is 25.0 Å². The summed E-state index contributed by atoms with van der Waals surface area (Å²) in [6, 6.07) is 0. The Kier molecular flexibility index (Phi) is 5.45. The van der Waals surface area contributed by atoms with E-state index in [1.165, 1.54) is 38.5 Å². The van der Waals surface area contributed by atoms with Gasteiger partial charge in [0.15, 0.2) is 0 Å². The van der Waals surface area contributed by atoms with Crippen molar-refractivity contribution in [1.82, 2.24) is 0 Å². The first kappa shape index (κ1) is 11.0. The lowest BCUT2D eigenvalue weighted by molar-refractivity contribution is 0.103. The van der Waals surface area contributed by atoms with Crippen molar-refractivity contribution in [3.63, 3.8) is 0 Å². The van der Waals surface area contributed by atoms with Crippen LogP contribution < -0.4 is 0 Å². The summed E-state index contributed by atoms with van der Waals surface area (Å²) in [7, 11) is 0. The molecule has 0 radical (unpaired) electrons. The van der Waals surface area contributed by atoms with E-state index in [1.54, 1.807) is 0 Å². The summed E-state index contributed by atoms with van der Waals surface area (Å²) in [4.78, 5) is 0. The third kappa shape index (κ3) is 4.66. The Morgan fingerprint density at radius 3 is 2.54 bits per heavy atom. The third-order valence-corrected chi connectivity index (χ3v) is 3.07. The lowest BCUT2D eigenvalue weighted by Gasteiger charge is -2.24. The van der Waals surface area contributed by atoms with Gasteiger partial charge in [-0.3, -0.25) is 0 Å². The summed E-state index contributed by atoms with van der Waals surface area (Å²) in [5.41, 5.74) is 0. The summed E-state index contributed by atoms with van der Waals surface area (Å²) >= 11 is 0. The van der Waals surface area contributed by atoms with Crippen LogP contribution in [-0.2, 0) is 4.74 Å². The van der Waals surface area contributed by atoms with Crippen LogP contribution in [0.2, 0.25) is 0 Å². The van der Waals surface area contributed by atoms with Gasteiger partial charge in [-0.25, -0.2) is 0 Å².